The Kier molecular flexibility index (Phi) is 9.82. The van der Waals surface area contributed by atoms with E-state index in [4.69, 9.17) is 19.9 Å². The number of alkyl halides is 3. The maximum Gasteiger partial charge on any atom is 0.424 e. The predicted molar refractivity (Wildman–Crippen MR) is 174 cm³/mol. The van der Waals surface area contributed by atoms with Gasteiger partial charge in [0.2, 0.25) is 5.60 Å². The smallest absolute Gasteiger partial charge is 0.424 e. The summed E-state index contributed by atoms with van der Waals surface area (Å²) >= 11 is 0. The van der Waals surface area contributed by atoms with Crippen molar-refractivity contribution in [2.24, 2.45) is 5.73 Å². The Hall–Kier alpha value is -4.47. The number of fused-ring (bicyclic) bond motifs is 1. The van der Waals surface area contributed by atoms with Crippen LogP contribution in [0.5, 0.6) is 11.5 Å². The van der Waals surface area contributed by atoms with Gasteiger partial charge >= 0.3 is 12.3 Å². The molecule has 3 aromatic rings. The number of pyridine rings is 1. The van der Waals surface area contributed by atoms with Crippen LogP contribution >= 0.6 is 0 Å². The average Bonchev–Trinajstić information content (AvgIpc) is 3.79. The fourth-order valence-electron chi connectivity index (χ4n) is 5.32. The second-order valence-electron chi connectivity index (χ2n) is 13.9. The molecule has 1 fully saturated rings. The lowest BCUT2D eigenvalue weighted by molar-refractivity contribution is -0.265. The third-order valence-electron chi connectivity index (χ3n) is 8.00. The van der Waals surface area contributed by atoms with E-state index in [9.17, 15) is 37.4 Å². The quantitative estimate of drug-likeness (QED) is 0.206. The number of aliphatic hydroxyl groups excluding tert-OH is 1. The molecule has 2 heterocycles. The van der Waals surface area contributed by atoms with Crippen LogP contribution in [0.15, 0.2) is 48.5 Å². The number of nitrogens with two attached hydrogens (primary N) is 1. The van der Waals surface area contributed by atoms with Crippen molar-refractivity contribution >= 4 is 17.7 Å². The van der Waals surface area contributed by atoms with E-state index in [1.54, 1.807) is 20.8 Å². The minimum atomic E-state index is -5.38. The molecule has 5 rings (SSSR count). The predicted octanol–water partition coefficient (Wildman–Crippen LogP) is 5.30. The molecule has 0 bridgehead atoms. The SMILES string of the molecule is C[C@@H](O)COc1ccc(C(=O)NCC(O)(c2cc3c(c(-c4ccc(F)cc4)n2)N(C(=O)OC(C)(C)C)C[C@@]3(C)N)C(F)(F)F)cc1OC1CC1. The highest BCUT2D eigenvalue weighted by molar-refractivity contribution is 5.97. The Balaban J connectivity index is 1.54. The monoisotopic (exact) mass is 704 g/mol. The van der Waals surface area contributed by atoms with E-state index in [1.807, 2.05) is 0 Å². The van der Waals surface area contributed by atoms with Crippen molar-refractivity contribution in [2.45, 2.75) is 82.6 Å². The number of rotatable bonds is 10. The zero-order valence-corrected chi connectivity index (χ0v) is 28.2. The number of benzene rings is 2. The van der Waals surface area contributed by atoms with Crippen LogP contribution < -0.4 is 25.4 Å². The summed E-state index contributed by atoms with van der Waals surface area (Å²) in [5.74, 6) is -1.18. The van der Waals surface area contributed by atoms with Gasteiger partial charge in [-0.25, -0.2) is 14.2 Å². The van der Waals surface area contributed by atoms with E-state index in [-0.39, 0.29) is 58.8 Å². The Morgan fingerprint density at radius 1 is 1.10 bits per heavy atom. The molecule has 1 aromatic heterocycles. The molecule has 2 aliphatic rings. The molecule has 5 N–H and O–H groups in total. The molecule has 0 radical (unpaired) electrons. The van der Waals surface area contributed by atoms with Crippen LogP contribution in [0.3, 0.4) is 0 Å². The molecule has 11 nitrogen and oxygen atoms in total. The molecule has 1 aliphatic heterocycles. The number of ether oxygens (including phenoxy) is 3. The van der Waals surface area contributed by atoms with Crippen molar-refractivity contribution < 1.29 is 51.6 Å². The number of amides is 2. The fraction of sp³-hybridized carbons (Fsp3) is 0.457. The second-order valence-corrected chi connectivity index (χ2v) is 13.9. The highest BCUT2D eigenvalue weighted by Gasteiger charge is 2.57. The maximum atomic E-state index is 14.9. The maximum absolute atomic E-state index is 14.9. The zero-order chi connectivity index (χ0) is 36.8. The molecule has 1 unspecified atom stereocenters. The van der Waals surface area contributed by atoms with E-state index >= 15 is 0 Å². The molecule has 50 heavy (non-hydrogen) atoms. The summed E-state index contributed by atoms with van der Waals surface area (Å²) in [5, 5.41) is 23.2. The van der Waals surface area contributed by atoms with Gasteiger partial charge in [-0.05, 0) is 96.0 Å². The van der Waals surface area contributed by atoms with Crippen LogP contribution in [0.1, 0.15) is 69.1 Å². The normalized spacial score (nSPS) is 19.3. The first kappa shape index (κ1) is 36.8. The number of aromatic nitrogens is 1. The summed E-state index contributed by atoms with van der Waals surface area (Å²) in [6.45, 7) is 6.32. The average molecular weight is 705 g/mol. The van der Waals surface area contributed by atoms with E-state index in [1.165, 1.54) is 44.2 Å². The fourth-order valence-corrected chi connectivity index (χ4v) is 5.32. The first-order valence-electron chi connectivity index (χ1n) is 16.0. The lowest BCUT2D eigenvalue weighted by Crippen LogP contribution is -2.51. The lowest BCUT2D eigenvalue weighted by atomic mass is 9.89. The van der Waals surface area contributed by atoms with Gasteiger partial charge < -0.3 is 35.5 Å². The summed E-state index contributed by atoms with van der Waals surface area (Å²) in [7, 11) is 0. The van der Waals surface area contributed by atoms with Crippen LogP contribution in [-0.2, 0) is 15.9 Å². The summed E-state index contributed by atoms with van der Waals surface area (Å²) in [4.78, 5) is 32.0. The number of hydrogen-bond donors (Lipinski definition) is 4. The summed E-state index contributed by atoms with van der Waals surface area (Å²) in [5.41, 5.74) is -0.535. The summed E-state index contributed by atoms with van der Waals surface area (Å²) < 4.78 is 75.6. The molecule has 3 atom stereocenters. The van der Waals surface area contributed by atoms with Gasteiger partial charge in [-0.2, -0.15) is 13.2 Å². The number of anilines is 1. The third kappa shape index (κ3) is 7.95. The number of nitrogens with zero attached hydrogens (tertiary/aromatic N) is 2. The molecular weight excluding hydrogens is 664 g/mol. The highest BCUT2D eigenvalue weighted by Crippen LogP contribution is 2.47. The standard InChI is InChI=1S/C35H40F4N4O7/c1-19(44)16-48-25-13-8-21(14-26(25)49-23-11-12-23)30(45)41-17-34(47,35(37,38)39)27-15-24-29(28(42-27)20-6-9-22(36)10-7-20)43(18-33(24,5)40)31(46)50-32(2,3)4/h6-10,13-15,19,23,44,47H,11-12,16-18,40H2,1-5H3,(H,41,45)/t19-,33-,34?/m1/s1. The Morgan fingerprint density at radius 2 is 1.76 bits per heavy atom. The molecule has 2 aromatic carbocycles. The number of nitrogens with one attached hydrogen (secondary N) is 1. The zero-order valence-electron chi connectivity index (χ0n) is 28.2. The molecule has 1 saturated carbocycles. The summed E-state index contributed by atoms with van der Waals surface area (Å²) in [6, 6.07) is 9.67. The molecule has 2 amide bonds. The minimum absolute atomic E-state index is 0.0364. The molecule has 0 spiro atoms. The molecule has 270 valence electrons. The van der Waals surface area contributed by atoms with E-state index in [2.05, 4.69) is 10.3 Å². The van der Waals surface area contributed by atoms with Crippen molar-refractivity contribution in [3.05, 3.63) is 71.2 Å². The number of carbonyl (C=O) groups is 2. The van der Waals surface area contributed by atoms with Gasteiger partial charge in [-0.15, -0.1) is 0 Å². The van der Waals surface area contributed by atoms with Gasteiger partial charge in [-0.1, -0.05) is 0 Å². The van der Waals surface area contributed by atoms with Gasteiger partial charge in [0, 0.05) is 16.7 Å². The van der Waals surface area contributed by atoms with Crippen molar-refractivity contribution in [2.75, 3.05) is 24.6 Å². The Morgan fingerprint density at radius 3 is 2.34 bits per heavy atom. The first-order chi connectivity index (χ1) is 23.2. The summed E-state index contributed by atoms with van der Waals surface area (Å²) in [6.07, 6.45) is -5.57. The van der Waals surface area contributed by atoms with Crippen molar-refractivity contribution in [3.8, 4) is 22.8 Å². The van der Waals surface area contributed by atoms with Crippen molar-refractivity contribution in [3.63, 3.8) is 0 Å². The van der Waals surface area contributed by atoms with Gasteiger partial charge in [0.05, 0.1) is 47.9 Å². The van der Waals surface area contributed by atoms with Crippen molar-refractivity contribution in [1.82, 2.24) is 10.3 Å². The molecular formula is C35H40F4N4O7. The number of hydrogen-bond acceptors (Lipinski definition) is 9. The molecule has 15 heteroatoms. The molecule has 1 aliphatic carbocycles. The van der Waals surface area contributed by atoms with Gasteiger partial charge in [-0.3, -0.25) is 9.69 Å². The van der Waals surface area contributed by atoms with Crippen LogP contribution in [0.4, 0.5) is 28.0 Å². The number of carbonyl (C=O) groups excluding carboxylic acids is 2. The largest absolute Gasteiger partial charge is 0.487 e. The third-order valence-corrected chi connectivity index (χ3v) is 8.00. The van der Waals surface area contributed by atoms with Crippen LogP contribution in [-0.4, -0.2) is 70.9 Å². The van der Waals surface area contributed by atoms with Crippen molar-refractivity contribution in [1.29, 1.82) is 0 Å². The number of halogens is 4. The molecule has 0 saturated heterocycles. The van der Waals surface area contributed by atoms with Crippen LogP contribution in [0.2, 0.25) is 0 Å². The minimum Gasteiger partial charge on any atom is -0.487 e. The van der Waals surface area contributed by atoms with E-state index in [0.29, 0.717) is 0 Å². The van der Waals surface area contributed by atoms with Crippen LogP contribution in [0.25, 0.3) is 11.3 Å². The lowest BCUT2D eigenvalue weighted by Gasteiger charge is -2.32. The van der Waals surface area contributed by atoms with Crippen LogP contribution in [0, 0.1) is 5.82 Å². The Bertz CT molecular complexity index is 1760. The topological polar surface area (TPSA) is 156 Å². The van der Waals surface area contributed by atoms with Gasteiger partial charge in [0.1, 0.15) is 18.0 Å². The Labute approximate surface area is 286 Å². The number of aliphatic hydroxyl groups is 2. The van der Waals surface area contributed by atoms with Gasteiger partial charge in [0.25, 0.3) is 5.91 Å². The van der Waals surface area contributed by atoms with E-state index in [0.717, 1.165) is 35.9 Å². The van der Waals surface area contributed by atoms with Gasteiger partial charge in [0.15, 0.2) is 11.5 Å². The highest BCUT2D eigenvalue weighted by atomic mass is 19.4. The second kappa shape index (κ2) is 13.3. The first-order valence-corrected chi connectivity index (χ1v) is 16.0. The van der Waals surface area contributed by atoms with E-state index < -0.39 is 59.1 Å².